The van der Waals surface area contributed by atoms with Crippen LogP contribution in [0.2, 0.25) is 0 Å². The van der Waals surface area contributed by atoms with Crippen molar-refractivity contribution in [2.45, 2.75) is 19.9 Å². The van der Waals surface area contributed by atoms with Crippen LogP contribution in [-0.2, 0) is 0 Å². The van der Waals surface area contributed by atoms with Gasteiger partial charge in [-0.2, -0.15) is 0 Å². The van der Waals surface area contributed by atoms with Crippen molar-refractivity contribution < 1.29 is 4.79 Å². The zero-order chi connectivity index (χ0) is 15.6. The fraction of sp³-hybridized carbons (Fsp3) is 0.294. The Kier molecular flexibility index (Phi) is 4.38. The van der Waals surface area contributed by atoms with E-state index in [1.54, 1.807) is 12.1 Å². The largest absolute Gasteiger partial charge is 0.366 e. The third kappa shape index (κ3) is 3.28. The second kappa shape index (κ2) is 6.06. The van der Waals surface area contributed by atoms with Crippen LogP contribution in [-0.4, -0.2) is 29.9 Å². The summed E-state index contributed by atoms with van der Waals surface area (Å²) in [5.74, 6) is -0.455. The van der Waals surface area contributed by atoms with Gasteiger partial charge in [-0.1, -0.05) is 24.3 Å². The maximum Gasteiger partial charge on any atom is 0.250 e. The van der Waals surface area contributed by atoms with Crippen molar-refractivity contribution in [2.24, 2.45) is 5.73 Å². The Morgan fingerprint density at radius 3 is 2.29 bits per heavy atom. The van der Waals surface area contributed by atoms with Gasteiger partial charge in [0.15, 0.2) is 0 Å². The second-order valence-electron chi connectivity index (χ2n) is 5.47. The summed E-state index contributed by atoms with van der Waals surface area (Å²) in [6.07, 6.45) is 0. The smallest absolute Gasteiger partial charge is 0.250 e. The third-order valence-electron chi connectivity index (χ3n) is 3.74. The van der Waals surface area contributed by atoms with Crippen molar-refractivity contribution in [1.82, 2.24) is 9.88 Å². The average molecular weight is 283 g/mol. The number of hydrogen-bond donors (Lipinski definition) is 1. The molecule has 21 heavy (non-hydrogen) atoms. The van der Waals surface area contributed by atoms with Gasteiger partial charge in [-0.05, 0) is 45.6 Å². The van der Waals surface area contributed by atoms with Gasteiger partial charge in [0.05, 0.1) is 11.3 Å². The first kappa shape index (κ1) is 15.2. The average Bonchev–Trinajstić information content (AvgIpc) is 2.46. The fourth-order valence-electron chi connectivity index (χ4n) is 2.19. The summed E-state index contributed by atoms with van der Waals surface area (Å²) in [6, 6.07) is 12.0. The number of rotatable bonds is 4. The summed E-state index contributed by atoms with van der Waals surface area (Å²) in [5, 5.41) is 0. The molecule has 1 aromatic heterocycles. The molecule has 1 atom stereocenters. The van der Waals surface area contributed by atoms with Crippen molar-refractivity contribution >= 4 is 5.91 Å². The standard InChI is InChI=1S/C17H21N3O/c1-11-5-10-15(17(18)21)16(19-11)14-8-6-13(7-9-14)12(2)20(3)4/h5-10,12H,1-4H3,(H2,18,21). The van der Waals surface area contributed by atoms with Gasteiger partial charge >= 0.3 is 0 Å². The highest BCUT2D eigenvalue weighted by Crippen LogP contribution is 2.25. The Hall–Kier alpha value is -2.20. The molecule has 0 aliphatic rings. The monoisotopic (exact) mass is 283 g/mol. The molecule has 2 N–H and O–H groups in total. The Bertz CT molecular complexity index is 648. The number of hydrogen-bond acceptors (Lipinski definition) is 3. The van der Waals surface area contributed by atoms with Gasteiger partial charge in [0.2, 0.25) is 0 Å². The van der Waals surface area contributed by atoms with Crippen molar-refractivity contribution in [3.63, 3.8) is 0 Å². The number of aryl methyl sites for hydroxylation is 1. The number of amides is 1. The van der Waals surface area contributed by atoms with Crippen LogP contribution in [0.1, 0.15) is 34.6 Å². The van der Waals surface area contributed by atoms with Crippen LogP contribution in [0, 0.1) is 6.92 Å². The van der Waals surface area contributed by atoms with Gasteiger partial charge in [0.1, 0.15) is 0 Å². The second-order valence-corrected chi connectivity index (χ2v) is 5.47. The molecule has 0 saturated heterocycles. The molecule has 4 nitrogen and oxygen atoms in total. The van der Waals surface area contributed by atoms with Gasteiger partial charge in [-0.3, -0.25) is 9.78 Å². The van der Waals surface area contributed by atoms with Crippen LogP contribution < -0.4 is 5.73 Å². The molecule has 2 rings (SSSR count). The van der Waals surface area contributed by atoms with Crippen LogP contribution in [0.3, 0.4) is 0 Å². The van der Waals surface area contributed by atoms with E-state index < -0.39 is 5.91 Å². The molecular weight excluding hydrogens is 262 g/mol. The lowest BCUT2D eigenvalue weighted by atomic mass is 10.0. The zero-order valence-corrected chi connectivity index (χ0v) is 12.9. The molecule has 0 aliphatic heterocycles. The van der Waals surface area contributed by atoms with Crippen molar-refractivity contribution in [1.29, 1.82) is 0 Å². The minimum Gasteiger partial charge on any atom is -0.366 e. The van der Waals surface area contributed by atoms with Crippen molar-refractivity contribution in [2.75, 3.05) is 14.1 Å². The van der Waals surface area contributed by atoms with Crippen LogP contribution >= 0.6 is 0 Å². The van der Waals surface area contributed by atoms with Crippen LogP contribution in [0.4, 0.5) is 0 Å². The van der Waals surface area contributed by atoms with Crippen LogP contribution in [0.25, 0.3) is 11.3 Å². The summed E-state index contributed by atoms with van der Waals surface area (Å²) in [4.78, 5) is 18.2. The highest BCUT2D eigenvalue weighted by atomic mass is 16.1. The summed E-state index contributed by atoms with van der Waals surface area (Å²) in [5.41, 5.74) is 9.52. The summed E-state index contributed by atoms with van der Waals surface area (Å²) >= 11 is 0. The molecule has 0 saturated carbocycles. The van der Waals surface area contributed by atoms with Gasteiger partial charge in [0, 0.05) is 17.3 Å². The molecule has 1 aromatic carbocycles. The first-order valence-corrected chi connectivity index (χ1v) is 6.94. The van der Waals surface area contributed by atoms with E-state index in [4.69, 9.17) is 5.73 Å². The molecule has 1 amide bonds. The van der Waals surface area contributed by atoms with Gasteiger partial charge in [-0.15, -0.1) is 0 Å². The van der Waals surface area contributed by atoms with Gasteiger partial charge in [-0.25, -0.2) is 0 Å². The molecular formula is C17H21N3O. The zero-order valence-electron chi connectivity index (χ0n) is 12.9. The topological polar surface area (TPSA) is 59.2 Å². The van der Waals surface area contributed by atoms with Gasteiger partial charge in [0.25, 0.3) is 5.91 Å². The van der Waals surface area contributed by atoms with Gasteiger partial charge < -0.3 is 10.6 Å². The molecule has 0 aliphatic carbocycles. The number of pyridine rings is 1. The number of nitrogens with two attached hydrogens (primary N) is 1. The molecule has 1 heterocycles. The van der Waals surface area contributed by atoms with E-state index in [9.17, 15) is 4.79 Å². The number of nitrogens with zero attached hydrogens (tertiary/aromatic N) is 2. The first-order chi connectivity index (χ1) is 9.90. The Morgan fingerprint density at radius 2 is 1.76 bits per heavy atom. The molecule has 0 fully saturated rings. The molecule has 110 valence electrons. The number of carbonyl (C=O) groups excluding carboxylic acids is 1. The van der Waals surface area contributed by atoms with E-state index in [0.717, 1.165) is 11.3 Å². The normalized spacial score (nSPS) is 12.4. The number of primary amides is 1. The predicted octanol–water partition coefficient (Wildman–Crippen LogP) is 2.78. The van der Waals surface area contributed by atoms with E-state index in [1.807, 2.05) is 33.2 Å². The molecule has 0 spiro atoms. The lowest BCUT2D eigenvalue weighted by molar-refractivity contribution is 0.100. The highest BCUT2D eigenvalue weighted by Gasteiger charge is 2.13. The Balaban J connectivity index is 2.44. The van der Waals surface area contributed by atoms with E-state index in [2.05, 4.69) is 28.9 Å². The maximum absolute atomic E-state index is 11.5. The summed E-state index contributed by atoms with van der Waals surface area (Å²) < 4.78 is 0. The van der Waals surface area contributed by atoms with Crippen molar-refractivity contribution in [3.05, 3.63) is 53.2 Å². The first-order valence-electron chi connectivity index (χ1n) is 6.94. The minimum absolute atomic E-state index is 0.333. The predicted molar refractivity (Wildman–Crippen MR) is 85.0 cm³/mol. The lowest BCUT2D eigenvalue weighted by Gasteiger charge is -2.20. The Morgan fingerprint density at radius 1 is 1.14 bits per heavy atom. The molecule has 0 bridgehead atoms. The third-order valence-corrected chi connectivity index (χ3v) is 3.74. The maximum atomic E-state index is 11.5. The molecule has 1 unspecified atom stereocenters. The number of aromatic nitrogens is 1. The van der Waals surface area contributed by atoms with E-state index >= 15 is 0 Å². The SMILES string of the molecule is Cc1ccc(C(N)=O)c(-c2ccc(C(C)N(C)C)cc2)n1. The fourth-order valence-corrected chi connectivity index (χ4v) is 2.19. The lowest BCUT2D eigenvalue weighted by Crippen LogP contribution is -2.16. The quantitative estimate of drug-likeness (QED) is 0.938. The van der Waals surface area contributed by atoms with E-state index in [0.29, 0.717) is 17.3 Å². The highest BCUT2D eigenvalue weighted by molar-refractivity contribution is 5.98. The summed E-state index contributed by atoms with van der Waals surface area (Å²) in [7, 11) is 4.10. The number of benzene rings is 1. The Labute approximate surface area is 125 Å². The van der Waals surface area contributed by atoms with E-state index in [1.165, 1.54) is 5.56 Å². The van der Waals surface area contributed by atoms with Crippen LogP contribution in [0.15, 0.2) is 36.4 Å². The van der Waals surface area contributed by atoms with Crippen molar-refractivity contribution in [3.8, 4) is 11.3 Å². The molecule has 0 radical (unpaired) electrons. The number of carbonyl (C=O) groups is 1. The van der Waals surface area contributed by atoms with Crippen LogP contribution in [0.5, 0.6) is 0 Å². The molecule has 4 heteroatoms. The molecule has 2 aromatic rings. The summed E-state index contributed by atoms with van der Waals surface area (Å²) in [6.45, 7) is 4.05. The van der Waals surface area contributed by atoms with E-state index in [-0.39, 0.29) is 0 Å². The minimum atomic E-state index is -0.455.